The van der Waals surface area contributed by atoms with E-state index in [1.54, 1.807) is 0 Å². The van der Waals surface area contributed by atoms with Crippen LogP contribution in [0.25, 0.3) is 0 Å². The lowest BCUT2D eigenvalue weighted by atomic mass is 9.85. The molecule has 1 aliphatic carbocycles. The van der Waals surface area contributed by atoms with E-state index in [-0.39, 0.29) is 28.4 Å². The smallest absolute Gasteiger partial charge is 0.341 e. The number of hydrogen-bond donors (Lipinski definition) is 2. The van der Waals surface area contributed by atoms with Crippen molar-refractivity contribution in [2.45, 2.75) is 43.7 Å². The van der Waals surface area contributed by atoms with Gasteiger partial charge in [-0.15, -0.1) is 0 Å². The second kappa shape index (κ2) is 6.80. The quantitative estimate of drug-likeness (QED) is 0.784. The molecule has 8 heteroatoms. The Labute approximate surface area is 130 Å². The highest BCUT2D eigenvalue weighted by Crippen LogP contribution is 2.26. The molecular formula is C14H22N2O5S. The number of ether oxygens (including phenoxy) is 1. The zero-order chi connectivity index (χ0) is 16.3. The van der Waals surface area contributed by atoms with Crippen LogP contribution in [0.3, 0.4) is 0 Å². The molecular weight excluding hydrogens is 308 g/mol. The molecule has 0 radical (unpaired) electrons. The van der Waals surface area contributed by atoms with E-state index in [2.05, 4.69) is 9.46 Å². The van der Waals surface area contributed by atoms with Gasteiger partial charge in [0, 0.05) is 12.1 Å². The van der Waals surface area contributed by atoms with Crippen molar-refractivity contribution in [3.63, 3.8) is 0 Å². The van der Waals surface area contributed by atoms with E-state index in [1.165, 1.54) is 20.1 Å². The summed E-state index contributed by atoms with van der Waals surface area (Å²) in [5.41, 5.74) is 5.83. The first-order chi connectivity index (χ1) is 10.4. The molecule has 1 aromatic rings. The molecule has 0 amide bonds. The predicted octanol–water partition coefficient (Wildman–Crippen LogP) is 1.17. The molecule has 0 saturated heterocycles. The molecule has 1 aliphatic rings. The van der Waals surface area contributed by atoms with Crippen molar-refractivity contribution >= 4 is 16.0 Å². The standard InChI is InChI=1S/C14H22N2O5S/c1-9-11(14(17)20-2)7-13(21-9)22(18,19)16-12-6-4-3-5-10(12)8-15/h7,10,12,16H,3-6,8,15H2,1-2H3. The van der Waals surface area contributed by atoms with Crippen LogP contribution in [-0.2, 0) is 14.8 Å². The number of carbonyl (C=O) groups is 1. The summed E-state index contributed by atoms with van der Waals surface area (Å²) in [6.07, 6.45) is 3.69. The lowest BCUT2D eigenvalue weighted by Gasteiger charge is -2.30. The molecule has 0 spiro atoms. The predicted molar refractivity (Wildman–Crippen MR) is 79.9 cm³/mol. The van der Waals surface area contributed by atoms with Gasteiger partial charge in [-0.3, -0.25) is 0 Å². The fraction of sp³-hybridized carbons (Fsp3) is 0.643. The summed E-state index contributed by atoms with van der Waals surface area (Å²) in [7, 11) is -2.60. The van der Waals surface area contributed by atoms with Crippen molar-refractivity contribution < 1.29 is 22.4 Å². The molecule has 1 heterocycles. The normalized spacial score (nSPS) is 22.5. The maximum absolute atomic E-state index is 12.4. The summed E-state index contributed by atoms with van der Waals surface area (Å²) in [5.74, 6) is -0.286. The lowest BCUT2D eigenvalue weighted by Crippen LogP contribution is -2.44. The van der Waals surface area contributed by atoms with E-state index >= 15 is 0 Å². The Morgan fingerprint density at radius 3 is 2.77 bits per heavy atom. The topological polar surface area (TPSA) is 112 Å². The van der Waals surface area contributed by atoms with Gasteiger partial charge in [0.25, 0.3) is 10.0 Å². The largest absolute Gasteiger partial charge is 0.465 e. The third-order valence-corrected chi connectivity index (χ3v) is 5.43. The van der Waals surface area contributed by atoms with Gasteiger partial charge in [-0.25, -0.2) is 17.9 Å². The third-order valence-electron chi connectivity index (χ3n) is 4.08. The number of carbonyl (C=O) groups excluding carboxylic acids is 1. The van der Waals surface area contributed by atoms with Gasteiger partial charge in [0.1, 0.15) is 11.3 Å². The molecule has 1 fully saturated rings. The molecule has 2 atom stereocenters. The molecule has 1 saturated carbocycles. The van der Waals surface area contributed by atoms with Crippen LogP contribution in [0.5, 0.6) is 0 Å². The molecule has 2 rings (SSSR count). The van der Waals surface area contributed by atoms with Crippen LogP contribution in [0, 0.1) is 12.8 Å². The van der Waals surface area contributed by atoms with Crippen molar-refractivity contribution in [1.82, 2.24) is 4.72 Å². The minimum absolute atomic E-state index is 0.113. The van der Waals surface area contributed by atoms with Crippen molar-refractivity contribution in [3.05, 3.63) is 17.4 Å². The van der Waals surface area contributed by atoms with E-state index in [1.807, 2.05) is 0 Å². The molecule has 0 aliphatic heterocycles. The first-order valence-corrected chi connectivity index (χ1v) is 8.78. The number of methoxy groups -OCH3 is 1. The molecule has 22 heavy (non-hydrogen) atoms. The SMILES string of the molecule is COC(=O)c1cc(S(=O)(=O)NC2CCCCC2CN)oc1C. The zero-order valence-electron chi connectivity index (χ0n) is 12.8. The Morgan fingerprint density at radius 1 is 1.45 bits per heavy atom. The molecule has 2 unspecified atom stereocenters. The van der Waals surface area contributed by atoms with Crippen LogP contribution < -0.4 is 10.5 Å². The Kier molecular flexibility index (Phi) is 5.25. The molecule has 7 nitrogen and oxygen atoms in total. The third kappa shape index (κ3) is 3.50. The molecule has 1 aromatic heterocycles. The summed E-state index contributed by atoms with van der Waals surface area (Å²) in [4.78, 5) is 11.5. The van der Waals surface area contributed by atoms with Crippen molar-refractivity contribution in [2.75, 3.05) is 13.7 Å². The Balaban J connectivity index is 2.21. The maximum atomic E-state index is 12.4. The average Bonchev–Trinajstić information content (AvgIpc) is 2.89. The Hall–Kier alpha value is -1.38. The van der Waals surface area contributed by atoms with Crippen LogP contribution >= 0.6 is 0 Å². The molecule has 124 valence electrons. The van der Waals surface area contributed by atoms with Gasteiger partial charge < -0.3 is 14.9 Å². The lowest BCUT2D eigenvalue weighted by molar-refractivity contribution is 0.0599. The number of rotatable bonds is 5. The van der Waals surface area contributed by atoms with E-state index in [9.17, 15) is 13.2 Å². The summed E-state index contributed by atoms with van der Waals surface area (Å²) in [5, 5.41) is -0.272. The van der Waals surface area contributed by atoms with E-state index in [0.717, 1.165) is 25.7 Å². The number of esters is 1. The highest BCUT2D eigenvalue weighted by Gasteiger charge is 2.31. The van der Waals surface area contributed by atoms with Crippen LogP contribution in [0.4, 0.5) is 0 Å². The van der Waals surface area contributed by atoms with Crippen LogP contribution in [-0.4, -0.2) is 34.1 Å². The minimum atomic E-state index is -3.83. The Morgan fingerprint density at radius 2 is 2.14 bits per heavy atom. The second-order valence-electron chi connectivity index (χ2n) is 5.53. The summed E-state index contributed by atoms with van der Waals surface area (Å²) in [6.45, 7) is 1.96. The van der Waals surface area contributed by atoms with Gasteiger partial charge in [0.05, 0.1) is 7.11 Å². The van der Waals surface area contributed by atoms with Crippen molar-refractivity contribution in [3.8, 4) is 0 Å². The summed E-state index contributed by atoms with van der Waals surface area (Å²) >= 11 is 0. The number of nitrogens with one attached hydrogen (secondary N) is 1. The number of sulfonamides is 1. The van der Waals surface area contributed by atoms with Crippen LogP contribution in [0.1, 0.15) is 41.8 Å². The van der Waals surface area contributed by atoms with Gasteiger partial charge >= 0.3 is 5.97 Å². The van der Waals surface area contributed by atoms with Gasteiger partial charge in [0.2, 0.25) is 5.09 Å². The van der Waals surface area contributed by atoms with Crippen molar-refractivity contribution in [1.29, 1.82) is 0 Å². The van der Waals surface area contributed by atoms with Crippen molar-refractivity contribution in [2.24, 2.45) is 11.7 Å². The fourth-order valence-corrected chi connectivity index (χ4v) is 4.13. The van der Waals surface area contributed by atoms with Gasteiger partial charge in [-0.2, -0.15) is 0 Å². The average molecular weight is 330 g/mol. The number of furan rings is 1. The molecule has 0 bridgehead atoms. The van der Waals surface area contributed by atoms with Gasteiger partial charge in [0.15, 0.2) is 0 Å². The molecule has 3 N–H and O–H groups in total. The first-order valence-electron chi connectivity index (χ1n) is 7.30. The fourth-order valence-electron chi connectivity index (χ4n) is 2.80. The second-order valence-corrected chi connectivity index (χ2v) is 7.18. The number of aryl methyl sites for hydroxylation is 1. The Bertz CT molecular complexity index is 638. The maximum Gasteiger partial charge on any atom is 0.341 e. The number of hydrogen-bond acceptors (Lipinski definition) is 6. The van der Waals surface area contributed by atoms with Gasteiger partial charge in [-0.1, -0.05) is 12.8 Å². The van der Waals surface area contributed by atoms with E-state index in [4.69, 9.17) is 10.2 Å². The summed E-state index contributed by atoms with van der Waals surface area (Å²) in [6, 6.07) is 1.000. The number of nitrogens with two attached hydrogens (primary N) is 1. The molecule has 0 aromatic carbocycles. The zero-order valence-corrected chi connectivity index (χ0v) is 13.6. The van der Waals surface area contributed by atoms with Crippen LogP contribution in [0.15, 0.2) is 15.6 Å². The minimum Gasteiger partial charge on any atom is -0.465 e. The van der Waals surface area contributed by atoms with Gasteiger partial charge in [-0.05, 0) is 32.2 Å². The van der Waals surface area contributed by atoms with Crippen LogP contribution in [0.2, 0.25) is 0 Å². The van der Waals surface area contributed by atoms with E-state index < -0.39 is 16.0 Å². The summed E-state index contributed by atoms with van der Waals surface area (Å²) < 4.78 is 37.4. The highest BCUT2D eigenvalue weighted by molar-refractivity contribution is 7.89. The van der Waals surface area contributed by atoms with E-state index in [0.29, 0.717) is 6.54 Å². The first kappa shape index (κ1) is 17.0. The highest BCUT2D eigenvalue weighted by atomic mass is 32.2. The monoisotopic (exact) mass is 330 g/mol.